The number of aryl methyl sites for hydroxylation is 2. The van der Waals surface area contributed by atoms with Crippen LogP contribution in [0, 0.1) is 0 Å². The number of hydrogen-bond acceptors (Lipinski definition) is 8. The van der Waals surface area contributed by atoms with Crippen molar-refractivity contribution in [1.82, 2.24) is 16.1 Å². The third kappa shape index (κ3) is 7.35. The fourth-order valence-corrected chi connectivity index (χ4v) is 7.08. The molecule has 1 unspecified atom stereocenters. The van der Waals surface area contributed by atoms with Crippen molar-refractivity contribution in [2.75, 3.05) is 13.2 Å². The van der Waals surface area contributed by atoms with E-state index in [1.54, 1.807) is 37.3 Å². The van der Waals surface area contributed by atoms with Gasteiger partial charge in [-0.25, -0.2) is 5.43 Å². The van der Waals surface area contributed by atoms with Gasteiger partial charge in [0.15, 0.2) is 0 Å². The zero-order chi connectivity index (χ0) is 30.3. The fourth-order valence-electron chi connectivity index (χ4n) is 5.04. The Morgan fingerprint density at radius 2 is 1.77 bits per heavy atom. The van der Waals surface area contributed by atoms with Crippen LogP contribution in [-0.2, 0) is 29.0 Å². The van der Waals surface area contributed by atoms with Crippen molar-refractivity contribution in [3.63, 3.8) is 0 Å². The molecule has 0 saturated carbocycles. The Balaban J connectivity index is 1.11. The summed E-state index contributed by atoms with van der Waals surface area (Å²) >= 11 is 2.64. The number of allylic oxidation sites excluding steroid dienone is 1. The van der Waals surface area contributed by atoms with E-state index in [-0.39, 0.29) is 43.2 Å². The van der Waals surface area contributed by atoms with Gasteiger partial charge in [-0.3, -0.25) is 14.4 Å². The fraction of sp³-hybridized carbons (Fsp3) is 0.312. The van der Waals surface area contributed by atoms with Gasteiger partial charge >= 0.3 is 0 Å². The molecule has 5 N–H and O–H groups in total. The van der Waals surface area contributed by atoms with Crippen LogP contribution in [0.15, 0.2) is 63.9 Å². The lowest BCUT2D eigenvalue weighted by molar-refractivity contribution is -0.120. The zero-order valence-corrected chi connectivity index (χ0v) is 25.4. The van der Waals surface area contributed by atoms with Crippen LogP contribution >= 0.6 is 23.1 Å². The number of aliphatic hydroxyl groups excluding tert-OH is 1. The third-order valence-electron chi connectivity index (χ3n) is 7.47. The van der Waals surface area contributed by atoms with Crippen LogP contribution in [0.2, 0.25) is 0 Å². The number of carbonyl (C=O) groups is 3. The molecule has 0 saturated heterocycles. The van der Waals surface area contributed by atoms with Gasteiger partial charge < -0.3 is 20.8 Å². The van der Waals surface area contributed by atoms with Gasteiger partial charge in [-0.1, -0.05) is 30.3 Å². The van der Waals surface area contributed by atoms with E-state index in [0.29, 0.717) is 28.2 Å². The molecule has 2 heterocycles. The SMILES string of the molecule is C/C(=N\NC(=O)C1CC=C(C(=O)NCc2ccc(C(=O)NCCO)cc2)S1)c1csc(-c2ccc3c(c2)CCCC3)c1O. The number of benzene rings is 2. The van der Waals surface area contributed by atoms with Gasteiger partial charge in [-0.05, 0) is 79.5 Å². The molecule has 1 atom stereocenters. The van der Waals surface area contributed by atoms with Crippen LogP contribution < -0.4 is 16.1 Å². The minimum Gasteiger partial charge on any atom is -0.506 e. The highest BCUT2D eigenvalue weighted by Crippen LogP contribution is 2.40. The number of carbonyl (C=O) groups excluding carboxylic acids is 3. The number of nitrogens with zero attached hydrogens (tertiary/aromatic N) is 1. The maximum Gasteiger partial charge on any atom is 0.257 e. The molecule has 0 spiro atoms. The topological polar surface area (TPSA) is 140 Å². The van der Waals surface area contributed by atoms with Crippen molar-refractivity contribution in [2.24, 2.45) is 5.10 Å². The second-order valence-corrected chi connectivity index (χ2v) is 12.6. The summed E-state index contributed by atoms with van der Waals surface area (Å²) in [7, 11) is 0. The van der Waals surface area contributed by atoms with Crippen molar-refractivity contribution in [3.8, 4) is 16.2 Å². The highest BCUT2D eigenvalue weighted by molar-refractivity contribution is 8.05. The summed E-state index contributed by atoms with van der Waals surface area (Å²) in [6, 6.07) is 13.2. The molecule has 43 heavy (non-hydrogen) atoms. The van der Waals surface area contributed by atoms with Gasteiger partial charge in [0.25, 0.3) is 17.7 Å². The van der Waals surface area contributed by atoms with E-state index < -0.39 is 5.25 Å². The average Bonchev–Trinajstić information content (AvgIpc) is 3.69. The van der Waals surface area contributed by atoms with Gasteiger partial charge in [0.05, 0.1) is 32.9 Å². The number of aromatic hydroxyl groups is 1. The second-order valence-electron chi connectivity index (χ2n) is 10.5. The minimum atomic E-state index is -0.490. The number of thioether (sulfide) groups is 1. The van der Waals surface area contributed by atoms with E-state index in [0.717, 1.165) is 28.8 Å². The molecule has 0 radical (unpaired) electrons. The Kier molecular flexibility index (Phi) is 9.96. The van der Waals surface area contributed by atoms with Gasteiger partial charge in [0.1, 0.15) is 5.75 Å². The molecular weight excluding hydrogens is 585 g/mol. The smallest absolute Gasteiger partial charge is 0.257 e. The molecule has 1 aliphatic heterocycles. The molecule has 2 aromatic carbocycles. The number of rotatable bonds is 10. The maximum atomic E-state index is 12.8. The van der Waals surface area contributed by atoms with Crippen LogP contribution in [0.4, 0.5) is 0 Å². The highest BCUT2D eigenvalue weighted by atomic mass is 32.2. The van der Waals surface area contributed by atoms with Gasteiger partial charge in [-0.2, -0.15) is 5.10 Å². The molecule has 1 aliphatic carbocycles. The lowest BCUT2D eigenvalue weighted by Crippen LogP contribution is -2.29. The van der Waals surface area contributed by atoms with Gasteiger partial charge in [0, 0.05) is 24.0 Å². The molecule has 3 aromatic rings. The summed E-state index contributed by atoms with van der Waals surface area (Å²) in [5.41, 5.74) is 8.68. The quantitative estimate of drug-likeness (QED) is 0.170. The molecule has 9 nitrogen and oxygen atoms in total. The lowest BCUT2D eigenvalue weighted by Gasteiger charge is -2.16. The van der Waals surface area contributed by atoms with Crippen molar-refractivity contribution >= 4 is 46.5 Å². The van der Waals surface area contributed by atoms with Gasteiger partial charge in [-0.15, -0.1) is 23.1 Å². The number of aliphatic hydroxyl groups is 1. The second kappa shape index (κ2) is 14.0. The Bertz CT molecular complexity index is 1580. The van der Waals surface area contributed by atoms with Crippen LogP contribution in [0.5, 0.6) is 5.75 Å². The summed E-state index contributed by atoms with van der Waals surface area (Å²) in [5, 5.41) is 30.8. The first-order valence-electron chi connectivity index (χ1n) is 14.2. The molecule has 0 bridgehead atoms. The summed E-state index contributed by atoms with van der Waals surface area (Å²) in [5.74, 6) is -0.708. The predicted molar refractivity (Wildman–Crippen MR) is 170 cm³/mol. The summed E-state index contributed by atoms with van der Waals surface area (Å²) in [6.07, 6.45) is 6.72. The van der Waals surface area contributed by atoms with Crippen LogP contribution in [0.1, 0.15) is 58.8 Å². The van der Waals surface area contributed by atoms with Crippen molar-refractivity contribution in [2.45, 2.75) is 50.8 Å². The number of fused-ring (bicyclic) bond motifs is 1. The first kappa shape index (κ1) is 30.5. The van der Waals surface area contributed by atoms with E-state index in [9.17, 15) is 19.5 Å². The van der Waals surface area contributed by atoms with Crippen molar-refractivity contribution < 1.29 is 24.6 Å². The van der Waals surface area contributed by atoms with Crippen LogP contribution in [0.3, 0.4) is 0 Å². The third-order valence-corrected chi connectivity index (χ3v) is 9.78. The van der Waals surface area contributed by atoms with Gasteiger partial charge in [0.2, 0.25) is 0 Å². The van der Waals surface area contributed by atoms with E-state index in [1.165, 1.54) is 47.1 Å². The summed E-state index contributed by atoms with van der Waals surface area (Å²) in [6.45, 7) is 2.07. The number of amides is 3. The van der Waals surface area contributed by atoms with E-state index >= 15 is 0 Å². The molecule has 3 amide bonds. The predicted octanol–water partition coefficient (Wildman–Crippen LogP) is 4.27. The van der Waals surface area contributed by atoms with E-state index in [1.807, 2.05) is 5.38 Å². The number of hydrazone groups is 1. The summed E-state index contributed by atoms with van der Waals surface area (Å²) in [4.78, 5) is 38.7. The normalized spacial score (nSPS) is 16.3. The Labute approximate surface area is 258 Å². The first-order valence-corrected chi connectivity index (χ1v) is 16.0. The molecule has 5 rings (SSSR count). The standard InChI is InChI=1S/C32H34N4O5S2/c1-19(25-18-42-29(28(25)38)24-11-10-21-4-2-3-5-23(21)16-24)35-36-32(41)27-13-12-26(43-27)31(40)34-17-20-6-8-22(9-7-20)30(39)33-14-15-37/h6-12,16,18,27,37-38H,2-5,13-15,17H2,1H3,(H,33,39)(H,34,40)(H,36,41)/b35-19+. The van der Waals surface area contributed by atoms with Crippen LogP contribution in [0.25, 0.3) is 10.4 Å². The molecule has 2 aliphatic rings. The first-order chi connectivity index (χ1) is 20.8. The molecule has 224 valence electrons. The van der Waals surface area contributed by atoms with Crippen molar-refractivity contribution in [1.29, 1.82) is 0 Å². The molecule has 11 heteroatoms. The minimum absolute atomic E-state index is 0.129. The average molecular weight is 619 g/mol. The molecule has 1 aromatic heterocycles. The number of hydrogen-bond donors (Lipinski definition) is 5. The maximum absolute atomic E-state index is 12.8. The number of thiophene rings is 1. The number of nitrogens with one attached hydrogen (secondary N) is 3. The monoisotopic (exact) mass is 618 g/mol. The highest BCUT2D eigenvalue weighted by Gasteiger charge is 2.28. The Hall–Kier alpha value is -3.93. The molecular formula is C32H34N4O5S2. The molecule has 0 fully saturated rings. The van der Waals surface area contributed by atoms with E-state index in [4.69, 9.17) is 5.11 Å². The summed E-state index contributed by atoms with van der Waals surface area (Å²) < 4.78 is 0. The largest absolute Gasteiger partial charge is 0.506 e. The Morgan fingerprint density at radius 3 is 2.53 bits per heavy atom. The van der Waals surface area contributed by atoms with E-state index in [2.05, 4.69) is 39.4 Å². The van der Waals surface area contributed by atoms with Crippen LogP contribution in [-0.4, -0.2) is 52.0 Å². The zero-order valence-electron chi connectivity index (χ0n) is 23.8. The van der Waals surface area contributed by atoms with Crippen molar-refractivity contribution in [3.05, 3.63) is 86.6 Å². The Morgan fingerprint density at radius 1 is 1.00 bits per heavy atom. The lowest BCUT2D eigenvalue weighted by atomic mass is 9.90.